The molecular formula is C14H20BrClN2O. The number of carbonyl (C=O) groups is 1. The van der Waals surface area contributed by atoms with Crippen LogP contribution >= 0.6 is 28.3 Å². The highest BCUT2D eigenvalue weighted by Gasteiger charge is 2.23. The molecule has 1 N–H and O–H groups in total. The molecule has 1 aliphatic heterocycles. The van der Waals surface area contributed by atoms with Gasteiger partial charge in [0, 0.05) is 18.1 Å². The number of benzene rings is 1. The Kier molecular flexibility index (Phi) is 6.83. The molecule has 1 fully saturated rings. The Morgan fingerprint density at radius 2 is 2.26 bits per heavy atom. The van der Waals surface area contributed by atoms with Gasteiger partial charge in [-0.25, -0.2) is 0 Å². The molecule has 0 aromatic heterocycles. The number of halogens is 2. The lowest BCUT2D eigenvalue weighted by molar-refractivity contribution is -0.133. The van der Waals surface area contributed by atoms with Crippen molar-refractivity contribution in [1.82, 2.24) is 10.2 Å². The van der Waals surface area contributed by atoms with Gasteiger partial charge in [-0.2, -0.15) is 0 Å². The van der Waals surface area contributed by atoms with E-state index in [4.69, 9.17) is 0 Å². The summed E-state index contributed by atoms with van der Waals surface area (Å²) in [5.74, 6) is 0.203. The average Bonchev–Trinajstić information content (AvgIpc) is 2.39. The molecule has 1 aromatic rings. The van der Waals surface area contributed by atoms with Crippen LogP contribution in [0.1, 0.15) is 24.8 Å². The highest BCUT2D eigenvalue weighted by molar-refractivity contribution is 9.10. The molecule has 1 aromatic carbocycles. The van der Waals surface area contributed by atoms with Gasteiger partial charge in [-0.15, -0.1) is 12.4 Å². The molecule has 0 radical (unpaired) electrons. The molecule has 106 valence electrons. The van der Waals surface area contributed by atoms with Crippen molar-refractivity contribution in [1.29, 1.82) is 0 Å². The van der Waals surface area contributed by atoms with Crippen molar-refractivity contribution in [3.8, 4) is 0 Å². The second-order valence-electron chi connectivity index (χ2n) is 4.83. The molecule has 0 bridgehead atoms. The standard InChI is InChI=1S/C14H19BrN2O.ClH/c1-17(10-11-5-4-6-12(15)9-11)14(18)13-7-2-3-8-16-13;/h4-6,9,13,16H,2-3,7-8,10H2,1H3;1H/t13-;/m0./s1. The SMILES string of the molecule is CN(Cc1cccc(Br)c1)C(=O)[C@@H]1CCCCN1.Cl. The van der Waals surface area contributed by atoms with Crippen LogP contribution in [0.3, 0.4) is 0 Å². The van der Waals surface area contributed by atoms with Crippen LogP contribution in [0, 0.1) is 0 Å². The predicted octanol–water partition coefficient (Wildman–Crippen LogP) is 2.97. The van der Waals surface area contributed by atoms with Gasteiger partial charge >= 0.3 is 0 Å². The third kappa shape index (κ3) is 4.79. The number of piperidine rings is 1. The molecule has 0 spiro atoms. The monoisotopic (exact) mass is 346 g/mol. The number of amides is 1. The highest BCUT2D eigenvalue weighted by Crippen LogP contribution is 2.15. The van der Waals surface area contributed by atoms with E-state index < -0.39 is 0 Å². The van der Waals surface area contributed by atoms with E-state index in [1.807, 2.05) is 30.1 Å². The van der Waals surface area contributed by atoms with Crippen molar-refractivity contribution in [3.05, 3.63) is 34.3 Å². The van der Waals surface area contributed by atoms with E-state index in [9.17, 15) is 4.79 Å². The number of hydrogen-bond acceptors (Lipinski definition) is 2. The van der Waals surface area contributed by atoms with E-state index in [1.165, 1.54) is 6.42 Å². The Labute approximate surface area is 129 Å². The molecule has 0 unspecified atom stereocenters. The Morgan fingerprint density at radius 1 is 1.47 bits per heavy atom. The van der Waals surface area contributed by atoms with Crippen LogP contribution in [-0.2, 0) is 11.3 Å². The smallest absolute Gasteiger partial charge is 0.239 e. The van der Waals surface area contributed by atoms with Crippen LogP contribution in [0.25, 0.3) is 0 Å². The fraction of sp³-hybridized carbons (Fsp3) is 0.500. The van der Waals surface area contributed by atoms with Crippen LogP contribution in [0.2, 0.25) is 0 Å². The summed E-state index contributed by atoms with van der Waals surface area (Å²) in [7, 11) is 1.87. The third-order valence-electron chi connectivity index (χ3n) is 3.29. The van der Waals surface area contributed by atoms with E-state index >= 15 is 0 Å². The quantitative estimate of drug-likeness (QED) is 0.911. The predicted molar refractivity (Wildman–Crippen MR) is 83.5 cm³/mol. The van der Waals surface area contributed by atoms with Crippen molar-refractivity contribution in [2.45, 2.75) is 31.8 Å². The van der Waals surface area contributed by atoms with Crippen LogP contribution in [0.5, 0.6) is 0 Å². The molecule has 0 saturated carbocycles. The molecular weight excluding hydrogens is 328 g/mol. The summed E-state index contributed by atoms with van der Waals surface area (Å²) in [6, 6.07) is 8.10. The minimum atomic E-state index is 0. The Balaban J connectivity index is 0.00000180. The molecule has 5 heteroatoms. The van der Waals surface area contributed by atoms with Crippen molar-refractivity contribution < 1.29 is 4.79 Å². The summed E-state index contributed by atoms with van der Waals surface area (Å²) in [4.78, 5) is 14.0. The lowest BCUT2D eigenvalue weighted by Crippen LogP contribution is -2.46. The van der Waals surface area contributed by atoms with Gasteiger partial charge in [-0.1, -0.05) is 34.5 Å². The third-order valence-corrected chi connectivity index (χ3v) is 3.79. The van der Waals surface area contributed by atoms with E-state index in [-0.39, 0.29) is 24.4 Å². The number of hydrogen-bond donors (Lipinski definition) is 1. The van der Waals surface area contributed by atoms with Gasteiger partial charge in [0.1, 0.15) is 0 Å². The van der Waals surface area contributed by atoms with Crippen LogP contribution in [0.15, 0.2) is 28.7 Å². The maximum Gasteiger partial charge on any atom is 0.239 e. The molecule has 19 heavy (non-hydrogen) atoms. The highest BCUT2D eigenvalue weighted by atomic mass is 79.9. The summed E-state index contributed by atoms with van der Waals surface area (Å²) < 4.78 is 1.05. The lowest BCUT2D eigenvalue weighted by atomic mass is 10.0. The maximum absolute atomic E-state index is 12.2. The summed E-state index contributed by atoms with van der Waals surface area (Å²) in [6.45, 7) is 1.62. The first-order chi connectivity index (χ1) is 8.66. The number of rotatable bonds is 3. The molecule has 1 saturated heterocycles. The van der Waals surface area contributed by atoms with Gasteiger partial charge in [0.15, 0.2) is 0 Å². The largest absolute Gasteiger partial charge is 0.340 e. The number of nitrogens with zero attached hydrogens (tertiary/aromatic N) is 1. The maximum atomic E-state index is 12.2. The summed E-state index contributed by atoms with van der Waals surface area (Å²) in [5, 5.41) is 3.30. The number of likely N-dealkylation sites (N-methyl/N-ethyl adjacent to an activating group) is 1. The Bertz CT molecular complexity index is 422. The summed E-state index contributed by atoms with van der Waals surface area (Å²) in [5.41, 5.74) is 1.15. The van der Waals surface area contributed by atoms with Gasteiger partial charge in [0.2, 0.25) is 5.91 Å². The second-order valence-corrected chi connectivity index (χ2v) is 5.74. The van der Waals surface area contributed by atoms with E-state index in [0.717, 1.165) is 29.4 Å². The van der Waals surface area contributed by atoms with Crippen molar-refractivity contribution >= 4 is 34.2 Å². The number of nitrogens with one attached hydrogen (secondary N) is 1. The zero-order valence-corrected chi connectivity index (χ0v) is 13.5. The van der Waals surface area contributed by atoms with Crippen molar-refractivity contribution in [2.75, 3.05) is 13.6 Å². The molecule has 1 amide bonds. The Morgan fingerprint density at radius 3 is 2.89 bits per heavy atom. The van der Waals surface area contributed by atoms with E-state index in [2.05, 4.69) is 27.3 Å². The lowest BCUT2D eigenvalue weighted by Gasteiger charge is -2.27. The minimum Gasteiger partial charge on any atom is -0.340 e. The minimum absolute atomic E-state index is 0. The number of carbonyl (C=O) groups excluding carboxylic acids is 1. The van der Waals surface area contributed by atoms with Crippen molar-refractivity contribution in [3.63, 3.8) is 0 Å². The van der Waals surface area contributed by atoms with Gasteiger partial charge < -0.3 is 10.2 Å². The topological polar surface area (TPSA) is 32.3 Å². The first-order valence-electron chi connectivity index (χ1n) is 6.39. The molecule has 3 nitrogen and oxygen atoms in total. The average molecular weight is 348 g/mol. The van der Waals surface area contributed by atoms with Crippen molar-refractivity contribution in [2.24, 2.45) is 0 Å². The van der Waals surface area contributed by atoms with Crippen LogP contribution in [0.4, 0.5) is 0 Å². The van der Waals surface area contributed by atoms with E-state index in [0.29, 0.717) is 6.54 Å². The zero-order valence-electron chi connectivity index (χ0n) is 11.1. The normalized spacial score (nSPS) is 18.5. The summed E-state index contributed by atoms with van der Waals surface area (Å²) in [6.07, 6.45) is 3.29. The molecule has 0 aliphatic carbocycles. The first kappa shape index (κ1) is 16.5. The molecule has 1 heterocycles. The Hall–Kier alpha value is -0.580. The molecule has 1 atom stereocenters. The fourth-order valence-corrected chi connectivity index (χ4v) is 2.76. The van der Waals surface area contributed by atoms with Gasteiger partial charge in [-0.05, 0) is 37.1 Å². The van der Waals surface area contributed by atoms with Crippen LogP contribution < -0.4 is 5.32 Å². The van der Waals surface area contributed by atoms with Gasteiger partial charge in [-0.3, -0.25) is 4.79 Å². The first-order valence-corrected chi connectivity index (χ1v) is 7.19. The van der Waals surface area contributed by atoms with Gasteiger partial charge in [0.25, 0.3) is 0 Å². The summed E-state index contributed by atoms with van der Waals surface area (Å²) >= 11 is 3.45. The van der Waals surface area contributed by atoms with E-state index in [1.54, 1.807) is 0 Å². The fourth-order valence-electron chi connectivity index (χ4n) is 2.32. The molecule has 1 aliphatic rings. The zero-order chi connectivity index (χ0) is 13.0. The van der Waals surface area contributed by atoms with Gasteiger partial charge in [0.05, 0.1) is 6.04 Å². The second kappa shape index (κ2) is 7.88. The molecule has 2 rings (SSSR count). The van der Waals surface area contributed by atoms with Crippen LogP contribution in [-0.4, -0.2) is 30.4 Å².